The average molecular weight is 439 g/mol. The smallest absolute Gasteiger partial charge is 0.123 e. The number of hydrogen-bond acceptors (Lipinski definition) is 7. The third-order valence-corrected chi connectivity index (χ3v) is 9.23. The summed E-state index contributed by atoms with van der Waals surface area (Å²) in [7, 11) is 0. The maximum absolute atomic E-state index is 4.55. The molecule has 2 nitrogen and oxygen atoms in total. The Balaban J connectivity index is 3.05. The fourth-order valence-corrected chi connectivity index (χ4v) is 4.79. The maximum Gasteiger partial charge on any atom is 0.123 e. The van der Waals surface area contributed by atoms with Crippen molar-refractivity contribution in [2.24, 2.45) is 10.8 Å². The van der Waals surface area contributed by atoms with Crippen molar-refractivity contribution >= 4 is 61.9 Å². The fourth-order valence-electron chi connectivity index (χ4n) is 3.38. The summed E-state index contributed by atoms with van der Waals surface area (Å²) in [5.74, 6) is 0. The van der Waals surface area contributed by atoms with E-state index in [0.717, 1.165) is 22.9 Å². The number of hydrogen-bond donors (Lipinski definition) is 4. The standard InChI is InChI=1S/C18H34N2S5/c1-15(2,9-17(5,6)13(21)22)11-19-20-12(25-11)16(3,4)10-18(7,8)14(23)24/h13-14,21-24H,9-10H2,1-8H3. The molecule has 0 saturated heterocycles. The Morgan fingerprint density at radius 3 is 1.20 bits per heavy atom. The van der Waals surface area contributed by atoms with Gasteiger partial charge in [0.2, 0.25) is 0 Å². The summed E-state index contributed by atoms with van der Waals surface area (Å²) in [4.78, 5) is 0. The minimum absolute atomic E-state index is 0.00431. The molecule has 25 heavy (non-hydrogen) atoms. The van der Waals surface area contributed by atoms with E-state index in [4.69, 9.17) is 0 Å². The van der Waals surface area contributed by atoms with Crippen molar-refractivity contribution in [1.82, 2.24) is 10.2 Å². The van der Waals surface area contributed by atoms with E-state index in [2.05, 4.69) is 116 Å². The molecule has 0 bridgehead atoms. The molecular weight excluding hydrogens is 405 g/mol. The SMILES string of the molecule is CC(C)(CC(C)(C)C(S)S)c1nnc(C(C)(C)CC(C)(C)C(S)S)s1. The zero-order chi connectivity index (χ0) is 19.8. The summed E-state index contributed by atoms with van der Waals surface area (Å²) in [6.45, 7) is 17.7. The predicted octanol–water partition coefficient (Wildman–Crippen LogP) is 6.30. The predicted molar refractivity (Wildman–Crippen MR) is 126 cm³/mol. The highest BCUT2D eigenvalue weighted by Crippen LogP contribution is 2.45. The normalized spacial score (nSPS) is 14.6. The van der Waals surface area contributed by atoms with E-state index >= 15 is 0 Å². The molecule has 0 unspecified atom stereocenters. The van der Waals surface area contributed by atoms with Gasteiger partial charge in [-0.25, -0.2) is 0 Å². The molecule has 0 radical (unpaired) electrons. The number of thiol groups is 4. The first-order valence-electron chi connectivity index (χ1n) is 8.58. The van der Waals surface area contributed by atoms with Crippen LogP contribution in [0.15, 0.2) is 0 Å². The van der Waals surface area contributed by atoms with Gasteiger partial charge in [-0.3, -0.25) is 0 Å². The lowest BCUT2D eigenvalue weighted by Gasteiger charge is -2.36. The average Bonchev–Trinajstić information content (AvgIpc) is 2.86. The van der Waals surface area contributed by atoms with Gasteiger partial charge in [0.15, 0.2) is 0 Å². The summed E-state index contributed by atoms with van der Waals surface area (Å²) in [6.07, 6.45) is 1.90. The first-order valence-corrected chi connectivity index (χ1v) is 11.5. The number of rotatable bonds is 8. The monoisotopic (exact) mass is 438 g/mol. The Hall–Kier alpha value is 0.960. The van der Waals surface area contributed by atoms with E-state index in [-0.39, 0.29) is 30.8 Å². The van der Waals surface area contributed by atoms with Crippen LogP contribution in [-0.4, -0.2) is 19.4 Å². The molecule has 1 aromatic heterocycles. The molecule has 0 N–H and O–H groups in total. The maximum atomic E-state index is 4.55. The molecule has 0 spiro atoms. The van der Waals surface area contributed by atoms with Gasteiger partial charge >= 0.3 is 0 Å². The van der Waals surface area contributed by atoms with Gasteiger partial charge in [-0.05, 0) is 23.7 Å². The molecule has 1 rings (SSSR count). The highest BCUT2D eigenvalue weighted by molar-refractivity contribution is 7.99. The minimum Gasteiger partial charge on any atom is -0.165 e. The molecule has 0 amide bonds. The summed E-state index contributed by atoms with van der Waals surface area (Å²) in [5, 5.41) is 11.3. The molecule has 0 saturated carbocycles. The second-order valence-corrected chi connectivity index (χ2v) is 13.6. The van der Waals surface area contributed by atoms with Crippen molar-refractivity contribution in [3.05, 3.63) is 10.0 Å². The Bertz CT molecular complexity index is 525. The molecule has 1 heterocycles. The van der Waals surface area contributed by atoms with Crippen LogP contribution in [0.2, 0.25) is 0 Å². The lowest BCUT2D eigenvalue weighted by atomic mass is 9.76. The van der Waals surface area contributed by atoms with E-state index in [9.17, 15) is 0 Å². The van der Waals surface area contributed by atoms with Gasteiger partial charge in [-0.1, -0.05) is 55.4 Å². The third kappa shape index (κ3) is 6.23. The van der Waals surface area contributed by atoms with E-state index < -0.39 is 0 Å². The van der Waals surface area contributed by atoms with Crippen molar-refractivity contribution in [2.45, 2.75) is 88.2 Å². The summed E-state index contributed by atoms with van der Waals surface area (Å²) in [5.41, 5.74) is -0.122. The zero-order valence-electron chi connectivity index (χ0n) is 16.7. The molecule has 0 atom stereocenters. The highest BCUT2D eigenvalue weighted by atomic mass is 32.2. The van der Waals surface area contributed by atoms with E-state index in [1.807, 2.05) is 0 Å². The Morgan fingerprint density at radius 1 is 0.680 bits per heavy atom. The van der Waals surface area contributed by atoms with Gasteiger partial charge in [0.25, 0.3) is 0 Å². The highest BCUT2D eigenvalue weighted by Gasteiger charge is 2.39. The summed E-state index contributed by atoms with van der Waals surface area (Å²) >= 11 is 19.9. The topological polar surface area (TPSA) is 25.8 Å². The second-order valence-electron chi connectivity index (χ2n) is 9.76. The molecule has 0 aliphatic carbocycles. The third-order valence-electron chi connectivity index (χ3n) is 4.78. The first-order chi connectivity index (χ1) is 11.0. The van der Waals surface area contributed by atoms with Gasteiger partial charge in [-0.2, -0.15) is 50.5 Å². The van der Waals surface area contributed by atoms with E-state index in [1.165, 1.54) is 0 Å². The van der Waals surface area contributed by atoms with Crippen LogP contribution >= 0.6 is 61.9 Å². The molecule has 0 aromatic carbocycles. The molecule has 0 aliphatic rings. The van der Waals surface area contributed by atoms with Crippen LogP contribution in [0.3, 0.4) is 0 Å². The van der Waals surface area contributed by atoms with Gasteiger partial charge in [-0.15, -0.1) is 21.5 Å². The Kier molecular flexibility index (Phi) is 7.81. The lowest BCUT2D eigenvalue weighted by molar-refractivity contribution is 0.277. The molecule has 1 aromatic rings. The van der Waals surface area contributed by atoms with Crippen LogP contribution in [0.25, 0.3) is 0 Å². The van der Waals surface area contributed by atoms with E-state index in [0.29, 0.717) is 0 Å². The summed E-state index contributed by atoms with van der Waals surface area (Å²) in [6, 6.07) is 0. The number of nitrogens with zero attached hydrogens (tertiary/aromatic N) is 2. The van der Waals surface area contributed by atoms with Crippen LogP contribution in [0.5, 0.6) is 0 Å². The fraction of sp³-hybridized carbons (Fsp3) is 0.889. The van der Waals surface area contributed by atoms with E-state index in [1.54, 1.807) is 11.3 Å². The van der Waals surface area contributed by atoms with Crippen LogP contribution in [0, 0.1) is 10.8 Å². The van der Waals surface area contributed by atoms with Crippen LogP contribution in [0.4, 0.5) is 0 Å². The second kappa shape index (κ2) is 8.14. The van der Waals surface area contributed by atoms with Crippen molar-refractivity contribution < 1.29 is 0 Å². The lowest BCUT2D eigenvalue weighted by Crippen LogP contribution is -2.31. The Morgan fingerprint density at radius 2 is 0.960 bits per heavy atom. The molecular formula is C18H34N2S5. The van der Waals surface area contributed by atoms with Crippen molar-refractivity contribution in [3.8, 4) is 0 Å². The van der Waals surface area contributed by atoms with Crippen molar-refractivity contribution in [2.75, 3.05) is 0 Å². The quantitative estimate of drug-likeness (QED) is 0.283. The van der Waals surface area contributed by atoms with Crippen molar-refractivity contribution in [3.63, 3.8) is 0 Å². The number of aromatic nitrogens is 2. The molecule has 0 aliphatic heterocycles. The van der Waals surface area contributed by atoms with Crippen molar-refractivity contribution in [1.29, 1.82) is 0 Å². The molecule has 146 valence electrons. The van der Waals surface area contributed by atoms with Gasteiger partial charge in [0.1, 0.15) is 10.0 Å². The van der Waals surface area contributed by atoms with Crippen LogP contribution < -0.4 is 0 Å². The molecule has 7 heteroatoms. The first kappa shape index (κ1) is 24.0. The van der Waals surface area contributed by atoms with Gasteiger partial charge in [0.05, 0.1) is 0 Å². The largest absolute Gasteiger partial charge is 0.165 e. The van der Waals surface area contributed by atoms with Crippen LogP contribution in [0.1, 0.15) is 78.2 Å². The van der Waals surface area contributed by atoms with Gasteiger partial charge < -0.3 is 0 Å². The zero-order valence-corrected chi connectivity index (χ0v) is 21.1. The summed E-state index contributed by atoms with van der Waals surface area (Å²) < 4.78 is 0.0539. The van der Waals surface area contributed by atoms with Crippen LogP contribution in [-0.2, 0) is 10.8 Å². The Labute approximate surface area is 180 Å². The van der Waals surface area contributed by atoms with Gasteiger partial charge in [0, 0.05) is 20.0 Å². The molecule has 0 fully saturated rings. The minimum atomic E-state index is -0.0651.